The van der Waals surface area contributed by atoms with Crippen molar-refractivity contribution in [3.63, 3.8) is 0 Å². The molecule has 22 heavy (non-hydrogen) atoms. The van der Waals surface area contributed by atoms with Crippen LogP contribution in [0.15, 0.2) is 43.0 Å². The van der Waals surface area contributed by atoms with E-state index in [1.165, 1.54) is 0 Å². The van der Waals surface area contributed by atoms with Crippen molar-refractivity contribution in [1.82, 2.24) is 0 Å². The second-order valence-corrected chi connectivity index (χ2v) is 5.86. The topological polar surface area (TPSA) is 55.8 Å². The minimum Gasteiger partial charge on any atom is -0.459 e. The summed E-state index contributed by atoms with van der Waals surface area (Å²) in [4.78, 5) is 12.0. The molecule has 1 aromatic rings. The summed E-state index contributed by atoms with van der Waals surface area (Å²) in [7, 11) is 0. The SMILES string of the molecule is C=CC[C@H]1CCC[C@@](O)(COC(=O)c2ccccc2)[C@H](C)O1. The first-order valence-electron chi connectivity index (χ1n) is 7.76. The molecular weight excluding hydrogens is 280 g/mol. The number of esters is 1. The standard InChI is InChI=1S/C18H24O4/c1-3-8-16-11-7-12-18(20,14(2)22-16)13-21-17(19)15-9-5-4-6-10-15/h3-6,9-10,14,16,20H,1,7-8,11-13H2,2H3/t14-,16-,18+/m0/s1. The third-order valence-electron chi connectivity index (χ3n) is 4.18. The summed E-state index contributed by atoms with van der Waals surface area (Å²) < 4.78 is 11.2. The lowest BCUT2D eigenvalue weighted by molar-refractivity contribution is -0.136. The summed E-state index contributed by atoms with van der Waals surface area (Å²) in [6.07, 6.45) is 4.56. The zero-order valence-corrected chi connectivity index (χ0v) is 13.0. The minimum atomic E-state index is -1.14. The Kier molecular flexibility index (Phi) is 5.75. The van der Waals surface area contributed by atoms with Crippen molar-refractivity contribution in [2.75, 3.05) is 6.61 Å². The molecule has 0 bridgehead atoms. The number of benzene rings is 1. The van der Waals surface area contributed by atoms with Gasteiger partial charge in [0, 0.05) is 0 Å². The first-order valence-corrected chi connectivity index (χ1v) is 7.76. The Morgan fingerprint density at radius 2 is 2.23 bits per heavy atom. The average molecular weight is 304 g/mol. The third-order valence-corrected chi connectivity index (χ3v) is 4.18. The Morgan fingerprint density at radius 1 is 1.50 bits per heavy atom. The van der Waals surface area contributed by atoms with E-state index in [-0.39, 0.29) is 18.8 Å². The van der Waals surface area contributed by atoms with Crippen molar-refractivity contribution in [2.24, 2.45) is 0 Å². The highest BCUT2D eigenvalue weighted by atomic mass is 16.6. The molecule has 0 amide bonds. The number of carbonyl (C=O) groups excluding carboxylic acids is 1. The Morgan fingerprint density at radius 3 is 2.91 bits per heavy atom. The molecule has 1 heterocycles. The van der Waals surface area contributed by atoms with Crippen LogP contribution in [0, 0.1) is 0 Å². The molecule has 0 spiro atoms. The predicted molar refractivity (Wildman–Crippen MR) is 84.7 cm³/mol. The van der Waals surface area contributed by atoms with Crippen LogP contribution in [0.25, 0.3) is 0 Å². The van der Waals surface area contributed by atoms with Crippen LogP contribution in [-0.2, 0) is 9.47 Å². The van der Waals surface area contributed by atoms with E-state index in [2.05, 4.69) is 6.58 Å². The Labute approximate surface area is 131 Å². The zero-order chi connectivity index (χ0) is 16.0. The van der Waals surface area contributed by atoms with Gasteiger partial charge in [-0.25, -0.2) is 4.79 Å². The van der Waals surface area contributed by atoms with Crippen molar-refractivity contribution in [2.45, 2.75) is 50.4 Å². The van der Waals surface area contributed by atoms with E-state index >= 15 is 0 Å². The summed E-state index contributed by atoms with van der Waals surface area (Å²) in [6, 6.07) is 8.79. The van der Waals surface area contributed by atoms with Gasteiger partial charge in [0.15, 0.2) is 0 Å². The molecule has 4 nitrogen and oxygen atoms in total. The predicted octanol–water partition coefficient (Wildman–Crippen LogP) is 3.11. The number of carbonyl (C=O) groups is 1. The molecule has 0 radical (unpaired) electrons. The lowest BCUT2D eigenvalue weighted by Crippen LogP contribution is -2.46. The van der Waals surface area contributed by atoms with Crippen LogP contribution in [0.4, 0.5) is 0 Å². The van der Waals surface area contributed by atoms with Crippen molar-refractivity contribution in [3.8, 4) is 0 Å². The number of hydrogen-bond donors (Lipinski definition) is 1. The molecule has 3 atom stereocenters. The maximum absolute atomic E-state index is 12.0. The minimum absolute atomic E-state index is 0.0529. The highest BCUT2D eigenvalue weighted by Crippen LogP contribution is 2.29. The molecule has 1 aliphatic heterocycles. The van der Waals surface area contributed by atoms with Gasteiger partial charge in [-0.05, 0) is 44.7 Å². The zero-order valence-electron chi connectivity index (χ0n) is 13.0. The largest absolute Gasteiger partial charge is 0.459 e. The van der Waals surface area contributed by atoms with Gasteiger partial charge in [-0.2, -0.15) is 0 Å². The van der Waals surface area contributed by atoms with E-state index in [0.717, 1.165) is 19.3 Å². The van der Waals surface area contributed by atoms with E-state index in [1.807, 2.05) is 19.1 Å². The second-order valence-electron chi connectivity index (χ2n) is 5.86. The summed E-state index contributed by atoms with van der Waals surface area (Å²) in [6.45, 7) is 5.51. The van der Waals surface area contributed by atoms with Crippen LogP contribution in [0.3, 0.4) is 0 Å². The maximum Gasteiger partial charge on any atom is 0.338 e. The summed E-state index contributed by atoms with van der Waals surface area (Å²) in [5.74, 6) is -0.423. The molecule has 0 saturated carbocycles. The smallest absolute Gasteiger partial charge is 0.338 e. The number of aliphatic hydroxyl groups is 1. The molecule has 120 valence electrons. The van der Waals surface area contributed by atoms with E-state index in [4.69, 9.17) is 9.47 Å². The van der Waals surface area contributed by atoms with E-state index in [1.54, 1.807) is 24.3 Å². The normalized spacial score (nSPS) is 28.6. The first-order chi connectivity index (χ1) is 10.5. The van der Waals surface area contributed by atoms with Gasteiger partial charge in [-0.15, -0.1) is 6.58 Å². The molecule has 2 rings (SSSR count). The van der Waals surface area contributed by atoms with Crippen LogP contribution in [0.1, 0.15) is 43.0 Å². The van der Waals surface area contributed by atoms with Gasteiger partial charge in [0.1, 0.15) is 12.2 Å². The highest BCUT2D eigenvalue weighted by Gasteiger charge is 2.39. The Hall–Kier alpha value is -1.65. The molecule has 1 aliphatic rings. The molecule has 1 saturated heterocycles. The Bertz CT molecular complexity index is 499. The van der Waals surface area contributed by atoms with Crippen LogP contribution in [-0.4, -0.2) is 35.5 Å². The van der Waals surface area contributed by atoms with Gasteiger partial charge in [0.25, 0.3) is 0 Å². The quantitative estimate of drug-likeness (QED) is 0.671. The Balaban J connectivity index is 1.95. The number of hydrogen-bond acceptors (Lipinski definition) is 4. The summed E-state index contributed by atoms with van der Waals surface area (Å²) >= 11 is 0. The van der Waals surface area contributed by atoms with Crippen LogP contribution in [0.5, 0.6) is 0 Å². The van der Waals surface area contributed by atoms with Gasteiger partial charge in [-0.1, -0.05) is 24.3 Å². The van der Waals surface area contributed by atoms with Crippen molar-refractivity contribution in [1.29, 1.82) is 0 Å². The fourth-order valence-corrected chi connectivity index (χ4v) is 2.72. The molecule has 1 fully saturated rings. The summed E-state index contributed by atoms with van der Waals surface area (Å²) in [5.41, 5.74) is -0.654. The van der Waals surface area contributed by atoms with Gasteiger partial charge in [-0.3, -0.25) is 0 Å². The molecule has 0 aliphatic carbocycles. The van der Waals surface area contributed by atoms with Crippen molar-refractivity contribution >= 4 is 5.97 Å². The molecule has 0 aromatic heterocycles. The number of ether oxygens (including phenoxy) is 2. The molecule has 1 aromatic carbocycles. The molecule has 1 N–H and O–H groups in total. The van der Waals surface area contributed by atoms with E-state index in [0.29, 0.717) is 12.0 Å². The van der Waals surface area contributed by atoms with Crippen LogP contribution >= 0.6 is 0 Å². The average Bonchev–Trinajstić information content (AvgIpc) is 2.66. The summed E-state index contributed by atoms with van der Waals surface area (Å²) in [5, 5.41) is 10.8. The van der Waals surface area contributed by atoms with E-state index in [9.17, 15) is 9.90 Å². The fourth-order valence-electron chi connectivity index (χ4n) is 2.72. The molecular formula is C18H24O4. The van der Waals surface area contributed by atoms with Crippen molar-refractivity contribution in [3.05, 3.63) is 48.6 Å². The maximum atomic E-state index is 12.0. The van der Waals surface area contributed by atoms with Crippen LogP contribution in [0.2, 0.25) is 0 Å². The van der Waals surface area contributed by atoms with Gasteiger partial charge >= 0.3 is 5.97 Å². The van der Waals surface area contributed by atoms with Gasteiger partial charge in [0.05, 0.1) is 17.8 Å². The third kappa shape index (κ3) is 4.18. The number of rotatable bonds is 5. The van der Waals surface area contributed by atoms with Gasteiger partial charge < -0.3 is 14.6 Å². The molecule has 0 unspecified atom stereocenters. The molecule has 4 heteroatoms. The lowest BCUT2D eigenvalue weighted by atomic mass is 9.93. The van der Waals surface area contributed by atoms with Crippen molar-refractivity contribution < 1.29 is 19.4 Å². The lowest BCUT2D eigenvalue weighted by Gasteiger charge is -2.32. The first kappa shape index (κ1) is 16.7. The van der Waals surface area contributed by atoms with Gasteiger partial charge in [0.2, 0.25) is 0 Å². The van der Waals surface area contributed by atoms with E-state index < -0.39 is 11.6 Å². The monoisotopic (exact) mass is 304 g/mol. The highest BCUT2D eigenvalue weighted by molar-refractivity contribution is 5.89. The fraction of sp³-hybridized carbons (Fsp3) is 0.500. The van der Waals surface area contributed by atoms with Crippen LogP contribution < -0.4 is 0 Å². The second kappa shape index (κ2) is 7.56.